The fourth-order valence-corrected chi connectivity index (χ4v) is 3.01. The standard InChI is InChI=1S/C20H23N3O2/c1-15-5-3-8-19(13-15)22-9-11-23(12-10-22)20(25)21-18-7-4-6-17(14-18)16(2)24/h3-8,13-14H,9-12H2,1-2H3,(H,21,25). The van der Waals surface area contributed by atoms with Crippen molar-refractivity contribution in [3.63, 3.8) is 0 Å². The quantitative estimate of drug-likeness (QED) is 0.872. The zero-order valence-electron chi connectivity index (χ0n) is 14.7. The number of ketones is 1. The highest BCUT2D eigenvalue weighted by Crippen LogP contribution is 2.18. The average molecular weight is 337 g/mol. The summed E-state index contributed by atoms with van der Waals surface area (Å²) in [5, 5.41) is 2.89. The Morgan fingerprint density at radius 1 is 0.960 bits per heavy atom. The van der Waals surface area contributed by atoms with Gasteiger partial charge in [-0.3, -0.25) is 4.79 Å². The molecule has 1 N–H and O–H groups in total. The number of anilines is 2. The van der Waals surface area contributed by atoms with Gasteiger partial charge < -0.3 is 15.1 Å². The molecule has 130 valence electrons. The fraction of sp³-hybridized carbons (Fsp3) is 0.300. The van der Waals surface area contributed by atoms with Crippen molar-refractivity contribution in [2.45, 2.75) is 13.8 Å². The van der Waals surface area contributed by atoms with Crippen molar-refractivity contribution >= 4 is 23.2 Å². The van der Waals surface area contributed by atoms with Gasteiger partial charge in [0.1, 0.15) is 0 Å². The smallest absolute Gasteiger partial charge is 0.321 e. The van der Waals surface area contributed by atoms with Gasteiger partial charge in [0.15, 0.2) is 5.78 Å². The minimum absolute atomic E-state index is 0.0112. The number of nitrogens with zero attached hydrogens (tertiary/aromatic N) is 2. The fourth-order valence-electron chi connectivity index (χ4n) is 3.01. The second kappa shape index (κ2) is 7.38. The first-order valence-electron chi connectivity index (χ1n) is 8.51. The van der Waals surface area contributed by atoms with Crippen LogP contribution in [0.25, 0.3) is 0 Å². The van der Waals surface area contributed by atoms with Crippen molar-refractivity contribution in [2.75, 3.05) is 36.4 Å². The predicted octanol–water partition coefficient (Wildman–Crippen LogP) is 3.55. The van der Waals surface area contributed by atoms with Gasteiger partial charge in [-0.15, -0.1) is 0 Å². The molecule has 0 bridgehead atoms. The minimum Gasteiger partial charge on any atom is -0.368 e. The maximum Gasteiger partial charge on any atom is 0.321 e. The Balaban J connectivity index is 1.58. The molecule has 0 unspecified atom stereocenters. The summed E-state index contributed by atoms with van der Waals surface area (Å²) < 4.78 is 0. The van der Waals surface area contributed by atoms with Gasteiger partial charge in [0.25, 0.3) is 0 Å². The number of hydrogen-bond donors (Lipinski definition) is 1. The first kappa shape index (κ1) is 17.0. The summed E-state index contributed by atoms with van der Waals surface area (Å²) >= 11 is 0. The number of urea groups is 1. The van der Waals surface area contributed by atoms with Crippen LogP contribution in [-0.2, 0) is 0 Å². The van der Waals surface area contributed by atoms with Gasteiger partial charge in [0.05, 0.1) is 0 Å². The van der Waals surface area contributed by atoms with E-state index in [9.17, 15) is 9.59 Å². The summed E-state index contributed by atoms with van der Waals surface area (Å²) in [6.45, 7) is 6.57. The Morgan fingerprint density at radius 2 is 1.68 bits per heavy atom. The first-order chi connectivity index (χ1) is 12.0. The van der Waals surface area contributed by atoms with E-state index >= 15 is 0 Å². The minimum atomic E-state index is -0.121. The zero-order valence-corrected chi connectivity index (χ0v) is 14.7. The van der Waals surface area contributed by atoms with Gasteiger partial charge in [-0.25, -0.2) is 4.79 Å². The maximum absolute atomic E-state index is 12.5. The van der Waals surface area contributed by atoms with E-state index in [4.69, 9.17) is 0 Å². The lowest BCUT2D eigenvalue weighted by molar-refractivity contribution is 0.101. The van der Waals surface area contributed by atoms with Gasteiger partial charge in [-0.2, -0.15) is 0 Å². The van der Waals surface area contributed by atoms with E-state index in [-0.39, 0.29) is 11.8 Å². The molecule has 2 aromatic rings. The van der Waals surface area contributed by atoms with E-state index in [1.54, 1.807) is 24.3 Å². The molecular formula is C20H23N3O2. The number of rotatable bonds is 3. The Hall–Kier alpha value is -2.82. The largest absolute Gasteiger partial charge is 0.368 e. The number of carbonyl (C=O) groups excluding carboxylic acids is 2. The highest BCUT2D eigenvalue weighted by Gasteiger charge is 2.21. The lowest BCUT2D eigenvalue weighted by Gasteiger charge is -2.36. The summed E-state index contributed by atoms with van der Waals surface area (Å²) in [6.07, 6.45) is 0. The lowest BCUT2D eigenvalue weighted by Crippen LogP contribution is -2.50. The Kier molecular flexibility index (Phi) is 5.03. The molecule has 25 heavy (non-hydrogen) atoms. The molecule has 0 saturated carbocycles. The second-order valence-electron chi connectivity index (χ2n) is 6.38. The number of piperazine rings is 1. The third-order valence-electron chi connectivity index (χ3n) is 4.45. The molecule has 0 radical (unpaired) electrons. The van der Waals surface area contributed by atoms with Crippen LogP contribution < -0.4 is 10.2 Å². The van der Waals surface area contributed by atoms with Crippen LogP contribution in [0.3, 0.4) is 0 Å². The van der Waals surface area contributed by atoms with Crippen LogP contribution >= 0.6 is 0 Å². The van der Waals surface area contributed by atoms with Crippen molar-refractivity contribution in [3.8, 4) is 0 Å². The molecule has 5 nitrogen and oxygen atoms in total. The van der Waals surface area contributed by atoms with E-state index in [2.05, 4.69) is 41.4 Å². The molecule has 0 spiro atoms. The third kappa shape index (κ3) is 4.18. The number of amides is 2. The van der Waals surface area contributed by atoms with Crippen molar-refractivity contribution in [3.05, 3.63) is 59.7 Å². The molecule has 2 amide bonds. The molecule has 2 aromatic carbocycles. The van der Waals surface area contributed by atoms with E-state index in [1.807, 2.05) is 4.90 Å². The van der Waals surface area contributed by atoms with E-state index in [0.29, 0.717) is 24.3 Å². The highest BCUT2D eigenvalue weighted by atomic mass is 16.2. The maximum atomic E-state index is 12.5. The van der Waals surface area contributed by atoms with Crippen LogP contribution in [0, 0.1) is 6.92 Å². The molecule has 1 heterocycles. The molecule has 1 fully saturated rings. The lowest BCUT2D eigenvalue weighted by atomic mass is 10.1. The van der Waals surface area contributed by atoms with Crippen LogP contribution in [0.5, 0.6) is 0 Å². The van der Waals surface area contributed by atoms with Gasteiger partial charge in [-0.05, 0) is 43.7 Å². The normalized spacial score (nSPS) is 14.3. The van der Waals surface area contributed by atoms with Crippen molar-refractivity contribution in [1.82, 2.24) is 4.90 Å². The summed E-state index contributed by atoms with van der Waals surface area (Å²) in [4.78, 5) is 28.0. The number of nitrogens with one attached hydrogen (secondary N) is 1. The van der Waals surface area contributed by atoms with E-state index in [1.165, 1.54) is 18.2 Å². The number of benzene rings is 2. The SMILES string of the molecule is CC(=O)c1cccc(NC(=O)N2CCN(c3cccc(C)c3)CC2)c1. The number of carbonyl (C=O) groups is 2. The van der Waals surface area contributed by atoms with Crippen LogP contribution in [0.2, 0.25) is 0 Å². The molecule has 0 aliphatic carbocycles. The third-order valence-corrected chi connectivity index (χ3v) is 4.45. The van der Waals surface area contributed by atoms with E-state index < -0.39 is 0 Å². The number of Topliss-reactive ketones (excluding diaryl/α,β-unsaturated/α-hetero) is 1. The predicted molar refractivity (Wildman–Crippen MR) is 100 cm³/mol. The molecule has 3 rings (SSSR count). The summed E-state index contributed by atoms with van der Waals surface area (Å²) in [6, 6.07) is 15.3. The Labute approximate surface area is 148 Å². The highest BCUT2D eigenvalue weighted by molar-refractivity contribution is 5.96. The molecule has 1 aliphatic rings. The molecule has 5 heteroatoms. The molecule has 1 saturated heterocycles. The molecule has 1 aliphatic heterocycles. The van der Waals surface area contributed by atoms with Gasteiger partial charge in [-0.1, -0.05) is 24.3 Å². The first-order valence-corrected chi connectivity index (χ1v) is 8.51. The monoisotopic (exact) mass is 337 g/mol. The number of aryl methyl sites for hydroxylation is 1. The van der Waals surface area contributed by atoms with Crippen LogP contribution in [0.15, 0.2) is 48.5 Å². The Bertz CT molecular complexity index is 780. The summed E-state index contributed by atoms with van der Waals surface area (Å²) in [5.74, 6) is -0.0112. The van der Waals surface area contributed by atoms with Crippen molar-refractivity contribution in [2.24, 2.45) is 0 Å². The van der Waals surface area contributed by atoms with Gasteiger partial charge >= 0.3 is 6.03 Å². The van der Waals surface area contributed by atoms with Gasteiger partial charge in [0.2, 0.25) is 0 Å². The molecule has 0 aromatic heterocycles. The molecule has 0 atom stereocenters. The van der Waals surface area contributed by atoms with E-state index in [0.717, 1.165) is 13.1 Å². The zero-order chi connectivity index (χ0) is 17.8. The van der Waals surface area contributed by atoms with Crippen molar-refractivity contribution < 1.29 is 9.59 Å². The van der Waals surface area contributed by atoms with Crippen LogP contribution in [-0.4, -0.2) is 42.9 Å². The van der Waals surface area contributed by atoms with Gasteiger partial charge in [0, 0.05) is 43.1 Å². The van der Waals surface area contributed by atoms with Crippen molar-refractivity contribution in [1.29, 1.82) is 0 Å². The Morgan fingerprint density at radius 3 is 2.36 bits per heavy atom. The average Bonchev–Trinajstić information content (AvgIpc) is 2.62. The topological polar surface area (TPSA) is 52.7 Å². The summed E-state index contributed by atoms with van der Waals surface area (Å²) in [7, 11) is 0. The number of hydrogen-bond acceptors (Lipinski definition) is 3. The molecular weight excluding hydrogens is 314 g/mol. The second-order valence-corrected chi connectivity index (χ2v) is 6.38. The van der Waals surface area contributed by atoms with Crippen LogP contribution in [0.1, 0.15) is 22.8 Å². The summed E-state index contributed by atoms with van der Waals surface area (Å²) in [5.41, 5.74) is 3.69. The van der Waals surface area contributed by atoms with Crippen LogP contribution in [0.4, 0.5) is 16.2 Å².